The van der Waals surface area contributed by atoms with Crippen molar-refractivity contribution in [3.8, 4) is 0 Å². The first kappa shape index (κ1) is 111. The van der Waals surface area contributed by atoms with Gasteiger partial charge in [-0.25, -0.2) is 35.0 Å². The van der Waals surface area contributed by atoms with Crippen LogP contribution in [0.2, 0.25) is 0 Å². The van der Waals surface area contributed by atoms with Crippen LogP contribution >= 0.6 is 41.6 Å². The fourth-order valence-electron chi connectivity index (χ4n) is 13.6. The molecule has 0 N–H and O–H groups in total. The number of thiophene rings is 3. The van der Waals surface area contributed by atoms with Crippen molar-refractivity contribution in [2.45, 2.75) is 368 Å². The number of rotatable bonds is 60. The molecule has 0 aliphatic heterocycles. The van der Waals surface area contributed by atoms with Crippen molar-refractivity contribution in [1.82, 2.24) is 13.5 Å². The fraction of sp³-hybridized carbons (Fsp3) is 0.729. The van der Waals surface area contributed by atoms with Gasteiger partial charge in [0.15, 0.2) is 0 Å². The third-order valence-electron chi connectivity index (χ3n) is 21.3. The van der Waals surface area contributed by atoms with E-state index in [4.69, 9.17) is 23.3 Å². The Kier molecular flexibility index (Phi) is 65.0. The summed E-state index contributed by atoms with van der Waals surface area (Å²) in [6.07, 6.45) is 44.3. The van der Waals surface area contributed by atoms with Crippen LogP contribution in [-0.2, 0) is 80.0 Å². The maximum absolute atomic E-state index is 12.9. The van der Waals surface area contributed by atoms with Gasteiger partial charge in [0.05, 0.1) is 50.7 Å². The second-order valence-electron chi connectivity index (χ2n) is 32.3. The Labute approximate surface area is 729 Å². The van der Waals surface area contributed by atoms with Crippen molar-refractivity contribution in [1.29, 1.82) is 0 Å². The molecule has 0 aliphatic carbocycles. The van der Waals surface area contributed by atoms with Crippen LogP contribution in [0.1, 0.15) is 346 Å². The highest BCUT2D eigenvalue weighted by Gasteiger charge is 2.26. The van der Waals surface area contributed by atoms with Gasteiger partial charge in [0.1, 0.15) is 0 Å². The molecule has 2 aromatic carbocycles. The van der Waals surface area contributed by atoms with Crippen LogP contribution in [-0.4, -0.2) is 134 Å². The van der Waals surface area contributed by atoms with Crippen molar-refractivity contribution < 1.29 is 54.2 Å². The van der Waals surface area contributed by atoms with Crippen LogP contribution in [0.25, 0.3) is 0 Å². The molecule has 3 heterocycles. The predicted octanol–water partition coefficient (Wildman–Crippen LogP) is 28.2. The normalized spacial score (nSPS) is 11.5. The Morgan fingerprint density at radius 3 is 1.10 bits per heavy atom. The smallest absolute Gasteiger partial charge is 0.449 e. The molecule has 0 atom stereocenters. The average Bonchev–Trinajstić information content (AvgIpc) is 1.73. The number of benzene rings is 2. The van der Waals surface area contributed by atoms with Crippen LogP contribution in [0, 0.1) is 69.2 Å². The van der Waals surface area contributed by atoms with Crippen LogP contribution in [0.5, 0.6) is 0 Å². The van der Waals surface area contributed by atoms with Crippen molar-refractivity contribution in [2.75, 3.05) is 91.0 Å². The number of aryl methyl sites for hydroxylation is 13. The summed E-state index contributed by atoms with van der Waals surface area (Å²) in [6, 6.07) is 19.2. The molecule has 117 heavy (non-hydrogen) atoms. The Balaban J connectivity index is 0.000000732. The largest absolute Gasteiger partial charge is 0.508 e. The Morgan fingerprint density at radius 1 is 0.359 bits per heavy atom. The molecule has 0 unspecified atom stereocenters. The van der Waals surface area contributed by atoms with E-state index in [1.54, 1.807) is 54.6 Å². The zero-order valence-electron chi connectivity index (χ0n) is 77.5. The van der Waals surface area contributed by atoms with Crippen molar-refractivity contribution in [2.24, 2.45) is 0 Å². The van der Waals surface area contributed by atoms with Gasteiger partial charge in [0, 0.05) is 82.4 Å². The van der Waals surface area contributed by atoms with E-state index < -0.39 is 33.8 Å². The molecule has 674 valence electrons. The van der Waals surface area contributed by atoms with Crippen molar-refractivity contribution >= 4 is 73.9 Å². The molecule has 21 heteroatoms. The molecule has 0 aliphatic rings. The number of ether oxygens (including phenoxy) is 3. The maximum Gasteiger partial charge on any atom is 0.508 e. The molecule has 0 fully saturated rings. The number of nitrogens with zero attached hydrogens (tertiary/aromatic N) is 3. The van der Waals surface area contributed by atoms with E-state index >= 15 is 0 Å². The minimum Gasteiger partial charge on any atom is -0.449 e. The first-order chi connectivity index (χ1) is 55.9. The molecule has 5 aromatic rings. The summed E-state index contributed by atoms with van der Waals surface area (Å²) in [5.74, 6) is 0.451. The van der Waals surface area contributed by atoms with Gasteiger partial charge >= 0.3 is 19.8 Å². The third-order valence-corrected chi connectivity index (χ3v) is 30.0. The van der Waals surface area contributed by atoms with Gasteiger partial charge in [-0.3, -0.25) is 4.57 Å². The lowest BCUT2D eigenvalue weighted by atomic mass is 10.0. The second-order valence-corrected chi connectivity index (χ2v) is 43.1. The molecule has 0 bridgehead atoms. The molecule has 3 aromatic heterocycles. The standard InChI is InChI=1S/C20H37NO2S2.C20H32O3.C19H35NO2S2.C19H33NO2S.C18H31O3P/c1-5-7-8-9-10-11-12-13-15-21(6-2)25(22,23)16-14-20-17-18(3)24-19(20)4;1-4-5-6-7-8-9-10-14-22-20(21)23-15-13-19-16-17(2)11-12-18(19)3;1-5-6-7-8-9-10-11-12-14-20(4)24(21,22)15-13-19-16-17(2)23-18(19)3;1-5-6-7-8-9-10-11-13-20(4)19(21)22-14-12-18-15-16(2)23-17(18)3;1-5-7-12-20-22(19,21-13-8-6-2)14-11-18-15-16(3)9-10-17(18)4/h17H,5-16H2,1-4H3;11-12,16H,4-10,13-15H2,1-3H3;16H,5-15H2,1-4H3;15H,5-14H2,1-4H3;9-10,15H,5-8,11-14H2,1-4H3. The minimum atomic E-state index is -3.14. The number of carbonyl (C=O) groups is 2. The quantitative estimate of drug-likeness (QED) is 0.0205. The third kappa shape index (κ3) is 55.0. The van der Waals surface area contributed by atoms with E-state index in [2.05, 4.69) is 165 Å². The van der Waals surface area contributed by atoms with E-state index in [0.29, 0.717) is 71.7 Å². The highest BCUT2D eigenvalue weighted by molar-refractivity contribution is 7.89. The first-order valence-corrected chi connectivity index (χ1v) is 53.1. The van der Waals surface area contributed by atoms with Crippen LogP contribution in [0.15, 0.2) is 54.6 Å². The van der Waals surface area contributed by atoms with Crippen molar-refractivity contribution in [3.05, 3.63) is 134 Å². The predicted molar refractivity (Wildman–Crippen MR) is 506 cm³/mol. The number of unbranched alkanes of at least 4 members (excludes halogenated alkanes) is 28. The number of hydrogen-bond donors (Lipinski definition) is 0. The molecule has 0 saturated carbocycles. The van der Waals surface area contributed by atoms with Gasteiger partial charge in [0.2, 0.25) is 20.0 Å². The molecule has 1 amide bonds. The first-order valence-electron chi connectivity index (χ1n) is 45.7. The van der Waals surface area contributed by atoms with Gasteiger partial charge in [0.25, 0.3) is 0 Å². The molecular weight excluding hydrogens is 1580 g/mol. The monoisotopic (exact) mass is 1750 g/mol. The summed E-state index contributed by atoms with van der Waals surface area (Å²) in [4.78, 5) is 32.8. The number of sulfonamides is 2. The Bertz CT molecular complexity index is 3610. The van der Waals surface area contributed by atoms with Crippen LogP contribution in [0.3, 0.4) is 0 Å². The van der Waals surface area contributed by atoms with Crippen molar-refractivity contribution in [3.63, 3.8) is 0 Å². The highest BCUT2D eigenvalue weighted by atomic mass is 32.2. The van der Waals surface area contributed by atoms with Gasteiger partial charge < -0.3 is 28.2 Å². The van der Waals surface area contributed by atoms with Gasteiger partial charge in [-0.1, -0.05) is 276 Å². The van der Waals surface area contributed by atoms with E-state index in [1.165, 1.54) is 227 Å². The number of hydrogen-bond acceptors (Lipinski definition) is 15. The van der Waals surface area contributed by atoms with Gasteiger partial charge in [-0.15, -0.1) is 34.0 Å². The summed E-state index contributed by atoms with van der Waals surface area (Å²) in [7, 11) is -5.70. The SMILES string of the molecule is CCCCCCCCCCN(C)S(=O)(=O)CCc1cc(C)sc1C.CCCCCCCCCCN(CC)S(=O)(=O)CCc1cc(C)sc1C.CCCCCCCCCN(C)C(=O)OCCc1cc(C)sc1C.CCCCCCCCCOC(=O)OCCc1cc(C)ccc1C.CCCCOP(=O)(CCc1cc(C)ccc1C)OCCCC. The zero-order chi connectivity index (χ0) is 87.1. The van der Waals surface area contributed by atoms with E-state index in [-0.39, 0.29) is 17.6 Å². The topological polar surface area (TPSA) is 175 Å². The highest BCUT2D eigenvalue weighted by Crippen LogP contribution is 2.49. The molecule has 15 nitrogen and oxygen atoms in total. The fourth-order valence-corrected chi connectivity index (χ4v) is 20.9. The molecule has 0 saturated heterocycles. The Hall–Kier alpha value is -3.95. The lowest BCUT2D eigenvalue weighted by Crippen LogP contribution is -2.34. The molecule has 0 radical (unpaired) electrons. The molecule has 5 rings (SSSR count). The molecular formula is C96H168N3O12PS5. The van der Waals surface area contributed by atoms with Crippen LogP contribution in [0.4, 0.5) is 9.59 Å². The zero-order valence-corrected chi connectivity index (χ0v) is 82.5. The average molecular weight is 1750 g/mol. The summed E-state index contributed by atoms with van der Waals surface area (Å²) in [5, 5.41) is 0. The second kappa shape index (κ2) is 68.5. The maximum atomic E-state index is 12.9. The summed E-state index contributed by atoms with van der Waals surface area (Å²) >= 11 is 5.30. The lowest BCUT2D eigenvalue weighted by molar-refractivity contribution is 0.0548. The summed E-state index contributed by atoms with van der Waals surface area (Å²) in [5.41, 5.74) is 11.1. The Morgan fingerprint density at radius 2 is 0.701 bits per heavy atom. The molecule has 0 spiro atoms. The van der Waals surface area contributed by atoms with E-state index in [9.17, 15) is 31.0 Å². The van der Waals surface area contributed by atoms with Crippen LogP contribution < -0.4 is 0 Å². The number of carbonyl (C=O) groups excluding carboxylic acids is 2. The summed E-state index contributed by atoms with van der Waals surface area (Å²) in [6.45, 7) is 41.0. The number of amides is 1. The van der Waals surface area contributed by atoms with E-state index in [1.807, 2.05) is 14.0 Å². The summed E-state index contributed by atoms with van der Waals surface area (Å²) < 4.78 is 93.0. The van der Waals surface area contributed by atoms with E-state index in [0.717, 1.165) is 96.4 Å². The van der Waals surface area contributed by atoms with Gasteiger partial charge in [-0.2, -0.15) is 0 Å². The van der Waals surface area contributed by atoms with Gasteiger partial charge in [-0.05, 0) is 184 Å². The lowest BCUT2D eigenvalue weighted by Gasteiger charge is -2.20. The minimum absolute atomic E-state index is 0.194.